The van der Waals surface area contributed by atoms with E-state index in [0.717, 1.165) is 12.8 Å². The van der Waals surface area contributed by atoms with Crippen LogP contribution >= 0.6 is 0 Å². The van der Waals surface area contributed by atoms with Crippen molar-refractivity contribution in [2.24, 2.45) is 0 Å². The molecular weight excluding hydrogens is 411 g/mol. The normalized spacial score (nSPS) is 15.1. The molecule has 1 saturated heterocycles. The summed E-state index contributed by atoms with van der Waals surface area (Å²) in [7, 11) is 0. The third kappa shape index (κ3) is 5.54. The molecule has 1 unspecified atom stereocenters. The molecule has 0 aliphatic carbocycles. The van der Waals surface area contributed by atoms with Gasteiger partial charge in [0.05, 0.1) is 23.4 Å². The third-order valence-corrected chi connectivity index (χ3v) is 5.91. The topological polar surface area (TPSA) is 98.5 Å². The fourth-order valence-corrected chi connectivity index (χ4v) is 4.21. The number of pyridine rings is 1. The molecule has 2 heterocycles. The Bertz CT molecular complexity index is 968. The smallest absolute Gasteiger partial charge is 0.303 e. The van der Waals surface area contributed by atoms with E-state index in [1.54, 1.807) is 18.2 Å². The van der Waals surface area contributed by atoms with Crippen LogP contribution in [0.25, 0.3) is 0 Å². The second-order valence-corrected chi connectivity index (χ2v) is 7.89. The van der Waals surface area contributed by atoms with Gasteiger partial charge in [0.2, 0.25) is 0 Å². The summed E-state index contributed by atoms with van der Waals surface area (Å²) in [6.07, 6.45) is 3.54. The van der Waals surface area contributed by atoms with Gasteiger partial charge in [-0.15, -0.1) is 0 Å². The van der Waals surface area contributed by atoms with Crippen molar-refractivity contribution in [3.8, 4) is 6.07 Å². The lowest BCUT2D eigenvalue weighted by Gasteiger charge is -2.37. The number of nitrogens with one attached hydrogen (secondary N) is 1. The first-order valence-corrected chi connectivity index (χ1v) is 11.0. The number of hydrogen-bond acceptors (Lipinski definition) is 6. The molecule has 1 aromatic carbocycles. The van der Waals surface area contributed by atoms with Crippen LogP contribution in [-0.4, -0.2) is 41.9 Å². The zero-order chi connectivity index (χ0) is 23.1. The number of aromatic nitrogens is 1. The van der Waals surface area contributed by atoms with Crippen LogP contribution in [0.2, 0.25) is 0 Å². The number of carbonyl (C=O) groups is 1. The second-order valence-electron chi connectivity index (χ2n) is 7.89. The lowest BCUT2D eigenvalue weighted by molar-refractivity contribution is -0.137. The number of rotatable bonds is 9. The Morgan fingerprint density at radius 3 is 2.69 bits per heavy atom. The largest absolute Gasteiger partial charge is 0.481 e. The van der Waals surface area contributed by atoms with Crippen molar-refractivity contribution in [1.82, 2.24) is 4.98 Å². The maximum absolute atomic E-state index is 15.3. The molecule has 0 radical (unpaired) electrons. The van der Waals surface area contributed by atoms with E-state index in [4.69, 9.17) is 10.00 Å². The zero-order valence-corrected chi connectivity index (χ0v) is 18.5. The van der Waals surface area contributed by atoms with Crippen LogP contribution in [0.5, 0.6) is 0 Å². The van der Waals surface area contributed by atoms with Crippen molar-refractivity contribution in [3.63, 3.8) is 0 Å². The Morgan fingerprint density at radius 1 is 1.38 bits per heavy atom. The molecule has 7 nitrogen and oxygen atoms in total. The maximum atomic E-state index is 15.3. The predicted octanol–water partition coefficient (Wildman–Crippen LogP) is 4.81. The molecule has 1 aliphatic heterocycles. The van der Waals surface area contributed by atoms with E-state index >= 15 is 4.39 Å². The summed E-state index contributed by atoms with van der Waals surface area (Å²) in [5, 5.41) is 21.6. The molecule has 32 heavy (non-hydrogen) atoms. The van der Waals surface area contributed by atoms with Gasteiger partial charge >= 0.3 is 5.97 Å². The summed E-state index contributed by atoms with van der Waals surface area (Å²) < 4.78 is 20.8. The molecule has 170 valence electrons. The molecule has 1 aromatic heterocycles. The number of hydrogen-bond donors (Lipinski definition) is 2. The molecular formula is C24H29FN4O3. The number of ether oxygens (including phenoxy) is 1. The standard InChI is InChI=1S/C24H29FN4O3/c1-3-17(11-24(30)31)19-12-21(28-23-6-5-16(14-26)15-27-23)22(13-20(19)25)29(4-2)18-7-9-32-10-8-18/h5-6,12-13,15,17-18H,3-4,7-11H2,1-2H3,(H,27,28)(H,30,31). The molecule has 0 bridgehead atoms. The second kappa shape index (κ2) is 10.9. The Labute approximate surface area is 187 Å². The van der Waals surface area contributed by atoms with Gasteiger partial charge in [-0.1, -0.05) is 6.92 Å². The lowest BCUT2D eigenvalue weighted by Crippen LogP contribution is -2.39. The van der Waals surface area contributed by atoms with Crippen LogP contribution in [0.4, 0.5) is 21.6 Å². The van der Waals surface area contributed by atoms with Crippen molar-refractivity contribution >= 4 is 23.2 Å². The average molecular weight is 441 g/mol. The number of nitriles is 1. The van der Waals surface area contributed by atoms with E-state index in [1.165, 1.54) is 12.3 Å². The van der Waals surface area contributed by atoms with E-state index in [-0.39, 0.29) is 12.5 Å². The summed E-state index contributed by atoms with van der Waals surface area (Å²) >= 11 is 0. The van der Waals surface area contributed by atoms with E-state index < -0.39 is 17.7 Å². The van der Waals surface area contributed by atoms with Crippen LogP contribution in [0.3, 0.4) is 0 Å². The highest BCUT2D eigenvalue weighted by Crippen LogP contribution is 2.38. The van der Waals surface area contributed by atoms with E-state index in [1.807, 2.05) is 19.9 Å². The van der Waals surface area contributed by atoms with Crippen molar-refractivity contribution in [3.05, 3.63) is 47.4 Å². The molecule has 1 fully saturated rings. The molecule has 1 aliphatic rings. The number of anilines is 3. The minimum atomic E-state index is -0.957. The van der Waals surface area contributed by atoms with Crippen LogP contribution < -0.4 is 10.2 Å². The molecule has 8 heteroatoms. The summed E-state index contributed by atoms with van der Waals surface area (Å²) in [5.74, 6) is -1.27. The van der Waals surface area contributed by atoms with Crippen molar-refractivity contribution < 1.29 is 19.0 Å². The average Bonchev–Trinajstić information content (AvgIpc) is 2.80. The SMILES string of the molecule is CCC(CC(=O)O)c1cc(Nc2ccc(C#N)cn2)c(N(CC)C2CCOCC2)cc1F. The third-order valence-electron chi connectivity index (χ3n) is 5.91. The van der Waals surface area contributed by atoms with Crippen molar-refractivity contribution in [2.75, 3.05) is 30.0 Å². The number of halogens is 1. The van der Waals surface area contributed by atoms with Gasteiger partial charge in [-0.2, -0.15) is 5.26 Å². The minimum absolute atomic E-state index is 0.140. The van der Waals surface area contributed by atoms with Gasteiger partial charge in [0.25, 0.3) is 0 Å². The van der Waals surface area contributed by atoms with Crippen LogP contribution in [0, 0.1) is 17.1 Å². The van der Waals surface area contributed by atoms with Crippen molar-refractivity contribution in [1.29, 1.82) is 5.26 Å². The molecule has 0 amide bonds. The van der Waals surface area contributed by atoms with Gasteiger partial charge in [-0.25, -0.2) is 9.37 Å². The molecule has 1 atom stereocenters. The highest BCUT2D eigenvalue weighted by atomic mass is 19.1. The molecule has 0 spiro atoms. The zero-order valence-electron chi connectivity index (χ0n) is 18.5. The van der Waals surface area contributed by atoms with Crippen LogP contribution in [0.1, 0.15) is 56.6 Å². The Hall–Kier alpha value is -3.18. The van der Waals surface area contributed by atoms with Gasteiger partial charge in [-0.3, -0.25) is 4.79 Å². The monoisotopic (exact) mass is 440 g/mol. The van der Waals surface area contributed by atoms with Crippen LogP contribution in [0.15, 0.2) is 30.5 Å². The first-order valence-electron chi connectivity index (χ1n) is 11.0. The van der Waals surface area contributed by atoms with Gasteiger partial charge in [0.1, 0.15) is 17.7 Å². The van der Waals surface area contributed by atoms with E-state index in [0.29, 0.717) is 54.5 Å². The van der Waals surface area contributed by atoms with Crippen LogP contribution in [-0.2, 0) is 9.53 Å². The quantitative estimate of drug-likeness (QED) is 0.577. The van der Waals surface area contributed by atoms with Gasteiger partial charge < -0.3 is 20.1 Å². The highest BCUT2D eigenvalue weighted by Gasteiger charge is 2.26. The fraction of sp³-hybridized carbons (Fsp3) is 0.458. The Balaban J connectivity index is 2.05. The Kier molecular flexibility index (Phi) is 8.01. The number of carboxylic acid groups (broad SMARTS) is 1. The maximum Gasteiger partial charge on any atom is 0.303 e. The number of carboxylic acids is 1. The molecule has 3 rings (SSSR count). The van der Waals surface area contributed by atoms with Gasteiger partial charge in [0, 0.05) is 32.0 Å². The fourth-order valence-electron chi connectivity index (χ4n) is 4.21. The Morgan fingerprint density at radius 2 is 2.12 bits per heavy atom. The summed E-state index contributed by atoms with van der Waals surface area (Å²) in [4.78, 5) is 17.8. The predicted molar refractivity (Wildman–Crippen MR) is 121 cm³/mol. The van der Waals surface area contributed by atoms with Crippen molar-refractivity contribution in [2.45, 2.75) is 51.5 Å². The number of aliphatic carboxylic acids is 1. The van der Waals surface area contributed by atoms with Gasteiger partial charge in [-0.05, 0) is 61.9 Å². The first-order chi connectivity index (χ1) is 15.5. The van der Waals surface area contributed by atoms with E-state index in [9.17, 15) is 9.90 Å². The first kappa shape index (κ1) is 23.5. The summed E-state index contributed by atoms with van der Waals surface area (Å²) in [6, 6.07) is 8.84. The van der Waals surface area contributed by atoms with Gasteiger partial charge in [0.15, 0.2) is 0 Å². The molecule has 2 N–H and O–H groups in total. The summed E-state index contributed by atoms with van der Waals surface area (Å²) in [6.45, 7) is 5.91. The molecule has 0 saturated carbocycles. The minimum Gasteiger partial charge on any atom is -0.481 e. The molecule has 2 aromatic rings. The van der Waals surface area contributed by atoms with E-state index in [2.05, 4.69) is 15.2 Å². The lowest BCUT2D eigenvalue weighted by atomic mass is 9.91. The summed E-state index contributed by atoms with van der Waals surface area (Å²) in [5.41, 5.74) is 2.19. The number of benzene rings is 1. The highest BCUT2D eigenvalue weighted by molar-refractivity contribution is 5.76. The number of nitrogens with zero attached hydrogens (tertiary/aromatic N) is 3.